The van der Waals surface area contributed by atoms with Gasteiger partial charge in [-0.25, -0.2) is 4.68 Å². The summed E-state index contributed by atoms with van der Waals surface area (Å²) in [5.74, 6) is -0.539. The quantitative estimate of drug-likeness (QED) is 0.503. The summed E-state index contributed by atoms with van der Waals surface area (Å²) in [5.41, 5.74) is -0.179. The van der Waals surface area contributed by atoms with Crippen molar-refractivity contribution in [2.75, 3.05) is 12.1 Å². The summed E-state index contributed by atoms with van der Waals surface area (Å²) in [6.07, 6.45) is 0. The molecule has 11 heteroatoms. The van der Waals surface area contributed by atoms with Crippen molar-refractivity contribution in [3.8, 4) is 22.8 Å². The van der Waals surface area contributed by atoms with Crippen LogP contribution in [0.3, 0.4) is 0 Å². The number of nitro groups is 1. The van der Waals surface area contributed by atoms with E-state index in [1.807, 2.05) is 0 Å². The first-order valence-corrected chi connectivity index (χ1v) is 8.63. The molecule has 2 aromatic carbocycles. The van der Waals surface area contributed by atoms with E-state index >= 15 is 0 Å². The number of carbonyl (C=O) groups excluding carboxylic acids is 1. The van der Waals surface area contributed by atoms with Crippen LogP contribution in [0.15, 0.2) is 53.3 Å². The van der Waals surface area contributed by atoms with Crippen molar-refractivity contribution in [1.29, 1.82) is 0 Å². The number of halogens is 1. The van der Waals surface area contributed by atoms with Crippen LogP contribution in [0.4, 0.5) is 15.8 Å². The van der Waals surface area contributed by atoms with Crippen LogP contribution < -0.4 is 20.3 Å². The van der Waals surface area contributed by atoms with Crippen LogP contribution in [0.1, 0.15) is 0 Å². The SMILES string of the molecule is O=C(Cn1nc(-c2ccc3c(c2)OCO3)ccc1=O)Nc1ccc(F)c([N+](=O)[O-])c1. The van der Waals surface area contributed by atoms with Gasteiger partial charge in [0.1, 0.15) is 6.54 Å². The molecule has 4 rings (SSSR count). The number of hydrogen-bond donors (Lipinski definition) is 1. The third-order valence-electron chi connectivity index (χ3n) is 4.25. The molecular weight excluding hydrogens is 399 g/mol. The number of anilines is 1. The van der Waals surface area contributed by atoms with Crippen molar-refractivity contribution in [1.82, 2.24) is 9.78 Å². The summed E-state index contributed by atoms with van der Waals surface area (Å²) in [6.45, 7) is -0.324. The second kappa shape index (κ2) is 7.62. The molecule has 1 aliphatic rings. The molecule has 0 saturated carbocycles. The Morgan fingerprint density at radius 2 is 1.97 bits per heavy atom. The highest BCUT2D eigenvalue weighted by Gasteiger charge is 2.17. The predicted octanol–water partition coefficient (Wildman–Crippen LogP) is 2.33. The smallest absolute Gasteiger partial charge is 0.306 e. The molecule has 152 valence electrons. The number of hydrogen-bond acceptors (Lipinski definition) is 7. The number of nitrogens with zero attached hydrogens (tertiary/aromatic N) is 3. The van der Waals surface area contributed by atoms with Crippen molar-refractivity contribution >= 4 is 17.3 Å². The van der Waals surface area contributed by atoms with Crippen LogP contribution in [0.25, 0.3) is 11.3 Å². The largest absolute Gasteiger partial charge is 0.454 e. The normalized spacial score (nSPS) is 11.9. The minimum Gasteiger partial charge on any atom is -0.454 e. The third kappa shape index (κ3) is 3.81. The maximum absolute atomic E-state index is 13.4. The van der Waals surface area contributed by atoms with Crippen molar-refractivity contribution in [2.45, 2.75) is 6.54 Å². The number of aromatic nitrogens is 2. The fourth-order valence-electron chi connectivity index (χ4n) is 2.84. The lowest BCUT2D eigenvalue weighted by Gasteiger charge is -2.09. The topological polar surface area (TPSA) is 126 Å². The second-order valence-corrected chi connectivity index (χ2v) is 6.25. The standard InChI is InChI=1S/C19H13FN4O6/c20-13-3-2-12(8-15(13)24(27)28)21-18(25)9-23-19(26)6-4-14(22-23)11-1-5-16-17(7-11)30-10-29-16/h1-8H,9-10H2,(H,21,25). The Morgan fingerprint density at radius 1 is 1.17 bits per heavy atom. The molecule has 3 aromatic rings. The Bertz CT molecular complexity index is 1230. The minimum absolute atomic E-state index is 0.0214. The molecular formula is C19H13FN4O6. The van der Waals surface area contributed by atoms with Crippen molar-refractivity contribution in [3.05, 3.63) is 74.8 Å². The number of benzene rings is 2. The van der Waals surface area contributed by atoms with E-state index in [9.17, 15) is 24.1 Å². The highest BCUT2D eigenvalue weighted by molar-refractivity contribution is 5.90. The zero-order chi connectivity index (χ0) is 21.3. The number of nitro benzene ring substituents is 1. The van der Waals surface area contributed by atoms with Gasteiger partial charge in [-0.3, -0.25) is 19.7 Å². The van der Waals surface area contributed by atoms with Gasteiger partial charge in [0.05, 0.1) is 10.6 Å². The maximum atomic E-state index is 13.4. The molecule has 0 atom stereocenters. The Balaban J connectivity index is 1.54. The first-order valence-electron chi connectivity index (χ1n) is 8.63. The van der Waals surface area contributed by atoms with E-state index in [1.54, 1.807) is 18.2 Å². The van der Waals surface area contributed by atoms with E-state index in [1.165, 1.54) is 18.2 Å². The molecule has 1 aliphatic heterocycles. The first-order chi connectivity index (χ1) is 14.4. The van der Waals surface area contributed by atoms with Crippen molar-refractivity contribution in [3.63, 3.8) is 0 Å². The Labute approximate surface area is 167 Å². The fourth-order valence-corrected chi connectivity index (χ4v) is 2.84. The van der Waals surface area contributed by atoms with Crippen LogP contribution in [-0.2, 0) is 11.3 Å². The summed E-state index contributed by atoms with van der Waals surface area (Å²) in [5, 5.41) is 17.4. The van der Waals surface area contributed by atoms with E-state index in [2.05, 4.69) is 10.4 Å². The van der Waals surface area contributed by atoms with Gasteiger partial charge in [-0.2, -0.15) is 9.49 Å². The number of fused-ring (bicyclic) bond motifs is 1. The Hall–Kier alpha value is -4.28. The summed E-state index contributed by atoms with van der Waals surface area (Å²) in [7, 11) is 0. The van der Waals surface area contributed by atoms with E-state index in [0.29, 0.717) is 22.8 Å². The molecule has 0 saturated heterocycles. The molecule has 0 spiro atoms. The number of ether oxygens (including phenoxy) is 2. The van der Waals surface area contributed by atoms with Gasteiger partial charge >= 0.3 is 5.69 Å². The number of rotatable bonds is 5. The van der Waals surface area contributed by atoms with Gasteiger partial charge < -0.3 is 14.8 Å². The van der Waals surface area contributed by atoms with E-state index in [-0.39, 0.29) is 12.5 Å². The monoisotopic (exact) mass is 412 g/mol. The lowest BCUT2D eigenvalue weighted by Crippen LogP contribution is -2.29. The molecule has 0 aliphatic carbocycles. The summed E-state index contributed by atoms with van der Waals surface area (Å²) >= 11 is 0. The minimum atomic E-state index is -1.02. The van der Waals surface area contributed by atoms with Crippen LogP contribution >= 0.6 is 0 Å². The van der Waals surface area contributed by atoms with Gasteiger partial charge in [0, 0.05) is 23.4 Å². The average molecular weight is 412 g/mol. The van der Waals surface area contributed by atoms with E-state index in [4.69, 9.17) is 9.47 Å². The van der Waals surface area contributed by atoms with Crippen LogP contribution in [0.5, 0.6) is 11.5 Å². The molecule has 0 fully saturated rings. The molecule has 10 nitrogen and oxygen atoms in total. The average Bonchev–Trinajstić information content (AvgIpc) is 3.18. The maximum Gasteiger partial charge on any atom is 0.306 e. The predicted molar refractivity (Wildman–Crippen MR) is 102 cm³/mol. The number of carbonyl (C=O) groups is 1. The molecule has 1 N–H and O–H groups in total. The molecule has 1 aromatic heterocycles. The Morgan fingerprint density at radius 3 is 2.77 bits per heavy atom. The van der Waals surface area contributed by atoms with Gasteiger partial charge in [-0.1, -0.05) is 0 Å². The first kappa shape index (κ1) is 19.1. The van der Waals surface area contributed by atoms with E-state index in [0.717, 1.165) is 16.8 Å². The molecule has 1 amide bonds. The number of amides is 1. The second-order valence-electron chi connectivity index (χ2n) is 6.25. The molecule has 30 heavy (non-hydrogen) atoms. The molecule has 0 unspecified atom stereocenters. The Kier molecular flexibility index (Phi) is 4.84. The lowest BCUT2D eigenvalue weighted by atomic mass is 10.1. The fraction of sp³-hybridized carbons (Fsp3) is 0.105. The van der Waals surface area contributed by atoms with Crippen LogP contribution in [0.2, 0.25) is 0 Å². The van der Waals surface area contributed by atoms with Gasteiger partial charge in [0.15, 0.2) is 11.5 Å². The third-order valence-corrected chi connectivity index (χ3v) is 4.25. The van der Waals surface area contributed by atoms with Gasteiger partial charge in [0.25, 0.3) is 5.56 Å². The van der Waals surface area contributed by atoms with E-state index < -0.39 is 34.4 Å². The zero-order valence-electron chi connectivity index (χ0n) is 15.2. The van der Waals surface area contributed by atoms with Crippen LogP contribution in [0, 0.1) is 15.9 Å². The lowest BCUT2D eigenvalue weighted by molar-refractivity contribution is -0.387. The highest BCUT2D eigenvalue weighted by atomic mass is 19.1. The molecule has 0 radical (unpaired) electrons. The van der Waals surface area contributed by atoms with Crippen LogP contribution in [-0.4, -0.2) is 27.4 Å². The number of nitrogens with one attached hydrogen (secondary N) is 1. The summed E-state index contributed by atoms with van der Waals surface area (Å²) in [6, 6.07) is 10.9. The molecule has 2 heterocycles. The van der Waals surface area contributed by atoms with Crippen molar-refractivity contribution in [2.24, 2.45) is 0 Å². The molecule has 0 bridgehead atoms. The summed E-state index contributed by atoms with van der Waals surface area (Å²) < 4.78 is 24.9. The summed E-state index contributed by atoms with van der Waals surface area (Å²) in [4.78, 5) is 34.3. The van der Waals surface area contributed by atoms with Gasteiger partial charge in [-0.05, 0) is 36.4 Å². The van der Waals surface area contributed by atoms with Gasteiger partial charge in [-0.15, -0.1) is 0 Å². The zero-order valence-corrected chi connectivity index (χ0v) is 15.2. The highest BCUT2D eigenvalue weighted by Crippen LogP contribution is 2.35. The van der Waals surface area contributed by atoms with Gasteiger partial charge in [0.2, 0.25) is 18.5 Å². The van der Waals surface area contributed by atoms with Crippen molar-refractivity contribution < 1.29 is 23.6 Å².